The van der Waals surface area contributed by atoms with Crippen molar-refractivity contribution in [3.05, 3.63) is 24.5 Å². The standard InChI is InChI=1S/C12H20N6O2S/c1-4-6-17-9-13-15-12(17)10(3)16-21(19,20)11-7-14-18(5-2)8-11/h7-10,16H,4-6H2,1-3H3. The molecule has 0 spiro atoms. The molecule has 0 aliphatic rings. The van der Waals surface area contributed by atoms with Gasteiger partial charge in [-0.1, -0.05) is 6.92 Å². The minimum absolute atomic E-state index is 0.151. The molecule has 2 aromatic heterocycles. The lowest BCUT2D eigenvalue weighted by molar-refractivity contribution is 0.539. The SMILES string of the molecule is CCCn1cnnc1C(C)NS(=O)(=O)c1cnn(CC)c1. The van der Waals surface area contributed by atoms with Gasteiger partial charge >= 0.3 is 0 Å². The molecule has 2 rings (SSSR count). The molecule has 0 aliphatic carbocycles. The normalized spacial score (nSPS) is 13.5. The monoisotopic (exact) mass is 312 g/mol. The van der Waals surface area contributed by atoms with Crippen LogP contribution in [0, 0.1) is 0 Å². The molecule has 21 heavy (non-hydrogen) atoms. The predicted octanol–water partition coefficient (Wildman–Crippen LogP) is 0.944. The van der Waals surface area contributed by atoms with Crippen molar-refractivity contribution in [2.75, 3.05) is 0 Å². The Morgan fingerprint density at radius 3 is 2.76 bits per heavy atom. The van der Waals surface area contributed by atoms with Gasteiger partial charge in [-0.15, -0.1) is 10.2 Å². The highest BCUT2D eigenvalue weighted by atomic mass is 32.2. The molecule has 0 saturated heterocycles. The number of aromatic nitrogens is 5. The molecule has 0 fully saturated rings. The highest BCUT2D eigenvalue weighted by molar-refractivity contribution is 7.89. The van der Waals surface area contributed by atoms with Gasteiger partial charge in [0.1, 0.15) is 11.2 Å². The summed E-state index contributed by atoms with van der Waals surface area (Å²) in [5, 5.41) is 11.8. The lowest BCUT2D eigenvalue weighted by Crippen LogP contribution is -2.28. The van der Waals surface area contributed by atoms with Crippen molar-refractivity contribution in [1.29, 1.82) is 0 Å². The second-order valence-corrected chi connectivity index (χ2v) is 6.47. The fourth-order valence-electron chi connectivity index (χ4n) is 2.02. The Labute approximate surface area is 124 Å². The van der Waals surface area contributed by atoms with E-state index in [1.165, 1.54) is 12.4 Å². The average molecular weight is 312 g/mol. The molecule has 116 valence electrons. The van der Waals surface area contributed by atoms with E-state index in [1.54, 1.807) is 17.9 Å². The summed E-state index contributed by atoms with van der Waals surface area (Å²) in [5.74, 6) is 0.600. The Morgan fingerprint density at radius 2 is 2.14 bits per heavy atom. The van der Waals surface area contributed by atoms with Crippen LogP contribution in [0.3, 0.4) is 0 Å². The third-order valence-corrected chi connectivity index (χ3v) is 4.57. The number of rotatable bonds is 7. The van der Waals surface area contributed by atoms with E-state index in [2.05, 4.69) is 20.0 Å². The maximum absolute atomic E-state index is 12.3. The molecular formula is C12H20N6O2S. The summed E-state index contributed by atoms with van der Waals surface area (Å²) in [6, 6.07) is -0.464. The topological polar surface area (TPSA) is 94.7 Å². The van der Waals surface area contributed by atoms with Gasteiger partial charge in [-0.2, -0.15) is 5.10 Å². The maximum Gasteiger partial charge on any atom is 0.244 e. The Morgan fingerprint density at radius 1 is 1.38 bits per heavy atom. The van der Waals surface area contributed by atoms with Gasteiger partial charge in [-0.05, 0) is 20.3 Å². The maximum atomic E-state index is 12.3. The second-order valence-electron chi connectivity index (χ2n) is 4.76. The van der Waals surface area contributed by atoms with E-state index in [4.69, 9.17) is 0 Å². The van der Waals surface area contributed by atoms with E-state index >= 15 is 0 Å². The van der Waals surface area contributed by atoms with Crippen LogP contribution in [-0.2, 0) is 23.1 Å². The van der Waals surface area contributed by atoms with Crippen LogP contribution in [0.5, 0.6) is 0 Å². The van der Waals surface area contributed by atoms with Crippen LogP contribution in [0.1, 0.15) is 39.1 Å². The van der Waals surface area contributed by atoms with E-state index < -0.39 is 16.1 Å². The minimum Gasteiger partial charge on any atom is -0.316 e. The van der Waals surface area contributed by atoms with Crippen LogP contribution in [0.2, 0.25) is 0 Å². The van der Waals surface area contributed by atoms with E-state index in [0.29, 0.717) is 12.4 Å². The molecule has 1 N–H and O–H groups in total. The van der Waals surface area contributed by atoms with Crippen LogP contribution >= 0.6 is 0 Å². The number of hydrogen-bond donors (Lipinski definition) is 1. The van der Waals surface area contributed by atoms with E-state index in [0.717, 1.165) is 13.0 Å². The second kappa shape index (κ2) is 6.35. The molecule has 1 atom stereocenters. The smallest absolute Gasteiger partial charge is 0.244 e. The summed E-state index contributed by atoms with van der Waals surface area (Å²) >= 11 is 0. The van der Waals surface area contributed by atoms with Crippen molar-refractivity contribution in [3.8, 4) is 0 Å². The Kier molecular flexibility index (Phi) is 4.73. The lowest BCUT2D eigenvalue weighted by Gasteiger charge is -2.13. The highest BCUT2D eigenvalue weighted by Crippen LogP contribution is 2.15. The Bertz CT molecular complexity index is 690. The zero-order valence-electron chi connectivity index (χ0n) is 12.4. The average Bonchev–Trinajstić information content (AvgIpc) is 3.07. The van der Waals surface area contributed by atoms with Gasteiger partial charge in [0.05, 0.1) is 12.2 Å². The summed E-state index contributed by atoms with van der Waals surface area (Å²) < 4.78 is 30.7. The largest absolute Gasteiger partial charge is 0.316 e. The molecule has 1 unspecified atom stereocenters. The zero-order valence-corrected chi connectivity index (χ0v) is 13.2. The number of hydrogen-bond acceptors (Lipinski definition) is 5. The Balaban J connectivity index is 2.17. The summed E-state index contributed by atoms with van der Waals surface area (Å²) in [5.41, 5.74) is 0. The van der Waals surface area contributed by atoms with Gasteiger partial charge in [0, 0.05) is 19.3 Å². The van der Waals surface area contributed by atoms with Gasteiger partial charge in [0.2, 0.25) is 10.0 Å². The molecule has 2 aromatic rings. The number of nitrogens with one attached hydrogen (secondary N) is 1. The molecule has 8 nitrogen and oxygen atoms in total. The van der Waals surface area contributed by atoms with Gasteiger partial charge in [-0.3, -0.25) is 4.68 Å². The molecular weight excluding hydrogens is 292 g/mol. The molecule has 0 aromatic carbocycles. The number of nitrogens with zero attached hydrogens (tertiary/aromatic N) is 5. The van der Waals surface area contributed by atoms with Crippen LogP contribution in [0.25, 0.3) is 0 Å². The van der Waals surface area contributed by atoms with Crippen molar-refractivity contribution in [1.82, 2.24) is 29.3 Å². The van der Waals surface area contributed by atoms with Crippen molar-refractivity contribution >= 4 is 10.0 Å². The molecule has 0 radical (unpaired) electrons. The molecule has 2 heterocycles. The summed E-state index contributed by atoms with van der Waals surface area (Å²) in [4.78, 5) is 0.151. The third-order valence-electron chi connectivity index (χ3n) is 3.07. The van der Waals surface area contributed by atoms with E-state index in [-0.39, 0.29) is 4.90 Å². The van der Waals surface area contributed by atoms with Crippen molar-refractivity contribution < 1.29 is 8.42 Å². The first-order chi connectivity index (χ1) is 9.97. The van der Waals surface area contributed by atoms with Crippen molar-refractivity contribution in [3.63, 3.8) is 0 Å². The lowest BCUT2D eigenvalue weighted by atomic mass is 10.3. The fraction of sp³-hybridized carbons (Fsp3) is 0.583. The van der Waals surface area contributed by atoms with Crippen LogP contribution < -0.4 is 4.72 Å². The van der Waals surface area contributed by atoms with E-state index in [1.807, 2.05) is 18.4 Å². The van der Waals surface area contributed by atoms with E-state index in [9.17, 15) is 8.42 Å². The summed E-state index contributed by atoms with van der Waals surface area (Å²) in [7, 11) is -3.62. The summed E-state index contributed by atoms with van der Waals surface area (Å²) in [6.45, 7) is 7.06. The number of aryl methyl sites for hydroxylation is 2. The molecule has 0 saturated carbocycles. The van der Waals surface area contributed by atoms with Crippen LogP contribution in [0.4, 0.5) is 0 Å². The minimum atomic E-state index is -3.62. The molecule has 0 bridgehead atoms. The van der Waals surface area contributed by atoms with Crippen molar-refractivity contribution in [2.45, 2.75) is 51.2 Å². The molecule has 0 aliphatic heterocycles. The van der Waals surface area contributed by atoms with Crippen molar-refractivity contribution in [2.24, 2.45) is 0 Å². The highest BCUT2D eigenvalue weighted by Gasteiger charge is 2.22. The first-order valence-electron chi connectivity index (χ1n) is 6.90. The van der Waals surface area contributed by atoms with Gasteiger partial charge < -0.3 is 4.57 Å². The fourth-order valence-corrected chi connectivity index (χ4v) is 3.18. The Hall–Kier alpha value is -1.74. The molecule has 9 heteroatoms. The third kappa shape index (κ3) is 3.48. The quantitative estimate of drug-likeness (QED) is 0.821. The van der Waals surface area contributed by atoms with Gasteiger partial charge in [0.25, 0.3) is 0 Å². The molecule has 0 amide bonds. The first kappa shape index (κ1) is 15.6. The van der Waals surface area contributed by atoms with Gasteiger partial charge in [0.15, 0.2) is 5.82 Å². The zero-order chi connectivity index (χ0) is 15.5. The number of sulfonamides is 1. The van der Waals surface area contributed by atoms with Gasteiger partial charge in [-0.25, -0.2) is 13.1 Å². The first-order valence-corrected chi connectivity index (χ1v) is 8.38. The van der Waals surface area contributed by atoms with Crippen LogP contribution in [0.15, 0.2) is 23.6 Å². The predicted molar refractivity (Wildman–Crippen MR) is 77.0 cm³/mol. The van der Waals surface area contributed by atoms with Crippen LogP contribution in [-0.4, -0.2) is 33.0 Å². The summed E-state index contributed by atoms with van der Waals surface area (Å²) in [6.07, 6.45) is 5.38.